The van der Waals surface area contributed by atoms with E-state index < -0.39 is 0 Å². The Hall–Kier alpha value is -0.380. The largest absolute Gasteiger partial charge is 0.382 e. The van der Waals surface area contributed by atoms with Crippen LogP contribution in [0.2, 0.25) is 0 Å². The van der Waals surface area contributed by atoms with Gasteiger partial charge in [0.2, 0.25) is 0 Å². The minimum absolute atomic E-state index is 0.594. The summed E-state index contributed by atoms with van der Waals surface area (Å²) in [6.07, 6.45) is 3.50. The topological polar surface area (TPSA) is 21.3 Å². The highest BCUT2D eigenvalue weighted by molar-refractivity contribution is 7.07. The Balaban J connectivity index is 2.21. The van der Waals surface area contributed by atoms with E-state index in [4.69, 9.17) is 4.74 Å². The molecule has 0 fully saturated rings. The lowest BCUT2D eigenvalue weighted by atomic mass is 10.1. The molecule has 0 radical (unpaired) electrons. The van der Waals surface area contributed by atoms with E-state index in [0.717, 1.165) is 26.2 Å². The summed E-state index contributed by atoms with van der Waals surface area (Å²) in [6, 6.07) is 2.81. The van der Waals surface area contributed by atoms with Crippen molar-refractivity contribution < 1.29 is 4.74 Å². The molecule has 16 heavy (non-hydrogen) atoms. The minimum atomic E-state index is 0.594. The molecule has 0 saturated carbocycles. The third-order valence-electron chi connectivity index (χ3n) is 2.67. The summed E-state index contributed by atoms with van der Waals surface area (Å²) in [4.78, 5) is 0. The van der Waals surface area contributed by atoms with Gasteiger partial charge in [-0.1, -0.05) is 6.92 Å². The second-order valence-electron chi connectivity index (χ2n) is 3.91. The van der Waals surface area contributed by atoms with Gasteiger partial charge in [0.25, 0.3) is 0 Å². The van der Waals surface area contributed by atoms with Gasteiger partial charge in [0.1, 0.15) is 0 Å². The molecule has 0 spiro atoms. The molecule has 92 valence electrons. The van der Waals surface area contributed by atoms with E-state index in [9.17, 15) is 0 Å². The second-order valence-corrected chi connectivity index (χ2v) is 4.69. The molecule has 1 N–H and O–H groups in total. The fraction of sp³-hybridized carbons (Fsp3) is 0.692. The lowest BCUT2D eigenvalue weighted by Crippen LogP contribution is -2.30. The van der Waals surface area contributed by atoms with Gasteiger partial charge >= 0.3 is 0 Å². The SMILES string of the molecule is CCNC(CCOCC)CCc1ccsc1. The summed E-state index contributed by atoms with van der Waals surface area (Å²) in [5, 5.41) is 7.92. The van der Waals surface area contributed by atoms with Crippen molar-refractivity contribution in [2.45, 2.75) is 39.2 Å². The fourth-order valence-electron chi connectivity index (χ4n) is 1.78. The zero-order chi connectivity index (χ0) is 11.6. The molecule has 0 aliphatic rings. The molecule has 0 aliphatic carbocycles. The smallest absolute Gasteiger partial charge is 0.0480 e. The van der Waals surface area contributed by atoms with Gasteiger partial charge in [0.15, 0.2) is 0 Å². The highest BCUT2D eigenvalue weighted by atomic mass is 32.1. The number of ether oxygens (including phenoxy) is 1. The van der Waals surface area contributed by atoms with E-state index in [2.05, 4.69) is 29.1 Å². The maximum absolute atomic E-state index is 5.41. The molecule has 3 heteroatoms. The van der Waals surface area contributed by atoms with Gasteiger partial charge in [-0.3, -0.25) is 0 Å². The molecule has 0 bridgehead atoms. The van der Waals surface area contributed by atoms with Crippen LogP contribution in [0.5, 0.6) is 0 Å². The minimum Gasteiger partial charge on any atom is -0.382 e. The first-order valence-electron chi connectivity index (χ1n) is 6.19. The number of rotatable bonds is 9. The third-order valence-corrected chi connectivity index (χ3v) is 3.40. The van der Waals surface area contributed by atoms with Crippen molar-refractivity contribution in [1.29, 1.82) is 0 Å². The Morgan fingerprint density at radius 2 is 2.25 bits per heavy atom. The first-order chi connectivity index (χ1) is 7.86. The van der Waals surface area contributed by atoms with Gasteiger partial charge in [-0.15, -0.1) is 0 Å². The van der Waals surface area contributed by atoms with Crippen molar-refractivity contribution in [2.24, 2.45) is 0 Å². The van der Waals surface area contributed by atoms with Crippen LogP contribution in [0.15, 0.2) is 16.8 Å². The van der Waals surface area contributed by atoms with Crippen LogP contribution in [0.1, 0.15) is 32.3 Å². The Morgan fingerprint density at radius 1 is 1.38 bits per heavy atom. The van der Waals surface area contributed by atoms with Crippen molar-refractivity contribution in [1.82, 2.24) is 5.32 Å². The molecular formula is C13H23NOS. The van der Waals surface area contributed by atoms with Gasteiger partial charge in [0.05, 0.1) is 0 Å². The van der Waals surface area contributed by atoms with E-state index >= 15 is 0 Å². The highest BCUT2D eigenvalue weighted by Crippen LogP contribution is 2.11. The maximum Gasteiger partial charge on any atom is 0.0480 e. The van der Waals surface area contributed by atoms with Crippen molar-refractivity contribution >= 4 is 11.3 Å². The highest BCUT2D eigenvalue weighted by Gasteiger charge is 2.07. The number of hydrogen-bond donors (Lipinski definition) is 1. The fourth-order valence-corrected chi connectivity index (χ4v) is 2.49. The molecule has 2 nitrogen and oxygen atoms in total. The van der Waals surface area contributed by atoms with Gasteiger partial charge in [-0.2, -0.15) is 11.3 Å². The Bertz CT molecular complexity index is 248. The molecule has 1 atom stereocenters. The van der Waals surface area contributed by atoms with Gasteiger partial charge in [-0.25, -0.2) is 0 Å². The lowest BCUT2D eigenvalue weighted by Gasteiger charge is -2.17. The number of thiophene rings is 1. The first-order valence-corrected chi connectivity index (χ1v) is 7.13. The quantitative estimate of drug-likeness (QED) is 0.671. The molecule has 1 heterocycles. The summed E-state index contributed by atoms with van der Waals surface area (Å²) in [5.41, 5.74) is 1.46. The van der Waals surface area contributed by atoms with Gasteiger partial charge in [-0.05, 0) is 55.1 Å². The van der Waals surface area contributed by atoms with E-state index in [0.29, 0.717) is 6.04 Å². The van der Waals surface area contributed by atoms with E-state index in [1.807, 2.05) is 6.92 Å². The van der Waals surface area contributed by atoms with Crippen molar-refractivity contribution in [3.8, 4) is 0 Å². The first kappa shape index (κ1) is 13.7. The second kappa shape index (κ2) is 8.74. The average molecular weight is 241 g/mol. The Morgan fingerprint density at radius 3 is 2.88 bits per heavy atom. The number of hydrogen-bond acceptors (Lipinski definition) is 3. The molecule has 0 aliphatic heterocycles. The standard InChI is InChI=1S/C13H23NOS/c1-3-14-13(7-9-15-4-2)6-5-12-8-10-16-11-12/h8,10-11,13-14H,3-7,9H2,1-2H3. The predicted molar refractivity (Wildman–Crippen MR) is 71.2 cm³/mol. The zero-order valence-electron chi connectivity index (χ0n) is 10.4. The molecule has 1 unspecified atom stereocenters. The summed E-state index contributed by atoms with van der Waals surface area (Å²) in [6.45, 7) is 6.95. The normalized spacial score (nSPS) is 12.9. The molecule has 1 rings (SSSR count). The molecule has 1 aromatic rings. The van der Waals surface area contributed by atoms with Crippen LogP contribution in [0.25, 0.3) is 0 Å². The molecule has 0 amide bonds. The Kier molecular flexibility index (Phi) is 7.47. The molecule has 0 aromatic carbocycles. The monoisotopic (exact) mass is 241 g/mol. The Labute approximate surface area is 103 Å². The van der Waals surface area contributed by atoms with Crippen LogP contribution in [-0.2, 0) is 11.2 Å². The van der Waals surface area contributed by atoms with Crippen molar-refractivity contribution in [3.05, 3.63) is 22.4 Å². The molecule has 0 saturated heterocycles. The van der Waals surface area contributed by atoms with Gasteiger partial charge in [0, 0.05) is 19.3 Å². The summed E-state index contributed by atoms with van der Waals surface area (Å²) in [5.74, 6) is 0. The van der Waals surface area contributed by atoms with Crippen LogP contribution in [0.4, 0.5) is 0 Å². The predicted octanol–water partition coefficient (Wildman–Crippen LogP) is 3.09. The summed E-state index contributed by atoms with van der Waals surface area (Å²) < 4.78 is 5.41. The van der Waals surface area contributed by atoms with Crippen LogP contribution in [0, 0.1) is 0 Å². The molecular weight excluding hydrogens is 218 g/mol. The van der Waals surface area contributed by atoms with Crippen molar-refractivity contribution in [3.63, 3.8) is 0 Å². The maximum atomic E-state index is 5.41. The van der Waals surface area contributed by atoms with Crippen LogP contribution >= 0.6 is 11.3 Å². The zero-order valence-corrected chi connectivity index (χ0v) is 11.2. The van der Waals surface area contributed by atoms with Crippen LogP contribution < -0.4 is 5.32 Å². The summed E-state index contributed by atoms with van der Waals surface area (Å²) in [7, 11) is 0. The number of nitrogens with one attached hydrogen (secondary N) is 1. The average Bonchev–Trinajstić information content (AvgIpc) is 2.79. The third kappa shape index (κ3) is 5.64. The van der Waals surface area contributed by atoms with E-state index in [1.165, 1.54) is 18.4 Å². The summed E-state index contributed by atoms with van der Waals surface area (Å²) >= 11 is 1.78. The number of aryl methyl sites for hydroxylation is 1. The van der Waals surface area contributed by atoms with Crippen LogP contribution in [-0.4, -0.2) is 25.8 Å². The van der Waals surface area contributed by atoms with E-state index in [-0.39, 0.29) is 0 Å². The van der Waals surface area contributed by atoms with E-state index in [1.54, 1.807) is 11.3 Å². The van der Waals surface area contributed by atoms with Gasteiger partial charge < -0.3 is 10.1 Å². The van der Waals surface area contributed by atoms with Crippen LogP contribution in [0.3, 0.4) is 0 Å². The van der Waals surface area contributed by atoms with Crippen molar-refractivity contribution in [2.75, 3.05) is 19.8 Å². The lowest BCUT2D eigenvalue weighted by molar-refractivity contribution is 0.135. The molecule has 1 aromatic heterocycles.